The van der Waals surface area contributed by atoms with E-state index in [9.17, 15) is 4.79 Å². The van der Waals surface area contributed by atoms with Crippen molar-refractivity contribution in [2.24, 2.45) is 0 Å². The van der Waals surface area contributed by atoms with Gasteiger partial charge in [-0.3, -0.25) is 4.90 Å². The monoisotopic (exact) mass is 437 g/mol. The zero-order valence-corrected chi connectivity index (χ0v) is 18.7. The van der Waals surface area contributed by atoms with Gasteiger partial charge in [-0.1, -0.05) is 17.9 Å². The van der Waals surface area contributed by atoms with E-state index in [-0.39, 0.29) is 30.4 Å². The Balaban J connectivity index is 1.53. The SMILES string of the molecule is COc1cc(C#CC2=C[C@@H]3C[C@@]4(OC(=O)C=C24)[C@H]2CC[C@@H](C(OC)OC)N32)cc(OC)c1. The highest BCUT2D eigenvalue weighted by molar-refractivity contribution is 5.90. The van der Waals surface area contributed by atoms with Crippen molar-refractivity contribution in [3.8, 4) is 23.3 Å². The first-order valence-corrected chi connectivity index (χ1v) is 10.8. The molecule has 2 fully saturated rings. The van der Waals surface area contributed by atoms with Crippen LogP contribution in [0.25, 0.3) is 0 Å². The molecule has 2 saturated heterocycles. The van der Waals surface area contributed by atoms with Gasteiger partial charge in [-0.2, -0.15) is 0 Å². The highest BCUT2D eigenvalue weighted by atomic mass is 16.7. The van der Waals surface area contributed by atoms with Gasteiger partial charge in [-0.05, 0) is 25.0 Å². The Morgan fingerprint density at radius 2 is 1.78 bits per heavy atom. The lowest BCUT2D eigenvalue weighted by Crippen LogP contribution is -2.48. The summed E-state index contributed by atoms with van der Waals surface area (Å²) in [6, 6.07) is 5.84. The first-order valence-electron chi connectivity index (χ1n) is 10.8. The Bertz CT molecular complexity index is 1040. The Labute approximate surface area is 187 Å². The van der Waals surface area contributed by atoms with Gasteiger partial charge in [0.25, 0.3) is 0 Å². The molecule has 5 rings (SSSR count). The lowest BCUT2D eigenvalue weighted by atomic mass is 9.77. The summed E-state index contributed by atoms with van der Waals surface area (Å²) in [5.74, 6) is 7.58. The third-order valence-electron chi connectivity index (χ3n) is 7.03. The lowest BCUT2D eigenvalue weighted by molar-refractivity contribution is -0.151. The molecular weight excluding hydrogens is 410 g/mol. The van der Waals surface area contributed by atoms with Gasteiger partial charge in [0.2, 0.25) is 0 Å². The standard InChI is InChI=1S/C25H27NO6/c1-28-18-9-15(10-19(12-18)29-2)5-6-16-11-17-14-25(20(16)13-23(27)32-25)22-8-7-21(26(17)22)24(30-3)31-4/h9-13,17,21-22,24H,7-8,14H2,1-4H3/t17-,21+,22-,25+/m1/s1. The van der Waals surface area contributed by atoms with E-state index in [1.165, 1.54) is 0 Å². The van der Waals surface area contributed by atoms with Crippen molar-refractivity contribution in [2.45, 2.75) is 49.3 Å². The van der Waals surface area contributed by atoms with E-state index in [2.05, 4.69) is 22.8 Å². The summed E-state index contributed by atoms with van der Waals surface area (Å²) >= 11 is 0. The number of benzene rings is 1. The van der Waals surface area contributed by atoms with E-state index in [4.69, 9.17) is 23.7 Å². The number of nitrogens with zero attached hydrogens (tertiary/aromatic N) is 1. The maximum atomic E-state index is 12.4. The van der Waals surface area contributed by atoms with Crippen molar-refractivity contribution in [1.29, 1.82) is 0 Å². The smallest absolute Gasteiger partial charge is 0.332 e. The molecule has 1 aromatic rings. The number of carbonyl (C=O) groups excluding carboxylic acids is 1. The minimum atomic E-state index is -0.645. The summed E-state index contributed by atoms with van der Waals surface area (Å²) in [5, 5.41) is 0. The summed E-state index contributed by atoms with van der Waals surface area (Å²) in [4.78, 5) is 14.8. The predicted octanol–water partition coefficient (Wildman–Crippen LogP) is 2.44. The van der Waals surface area contributed by atoms with Crippen LogP contribution in [-0.2, 0) is 19.0 Å². The molecule has 0 unspecified atom stereocenters. The number of fused-ring (bicyclic) bond motifs is 3. The highest BCUT2D eigenvalue weighted by Gasteiger charge is 2.65. The molecule has 0 saturated carbocycles. The second kappa shape index (κ2) is 7.96. The Morgan fingerprint density at radius 3 is 2.44 bits per heavy atom. The Kier molecular flexibility index (Phi) is 5.25. The van der Waals surface area contributed by atoms with E-state index in [0.717, 1.165) is 36.0 Å². The molecule has 3 aliphatic heterocycles. The van der Waals surface area contributed by atoms with Crippen LogP contribution in [0.3, 0.4) is 0 Å². The first kappa shape index (κ1) is 21.1. The molecule has 4 atom stereocenters. The normalized spacial score (nSPS) is 30.2. The van der Waals surface area contributed by atoms with Gasteiger partial charge in [0, 0.05) is 55.5 Å². The molecule has 0 radical (unpaired) electrons. The zero-order chi connectivity index (χ0) is 22.5. The van der Waals surface area contributed by atoms with Gasteiger partial charge in [-0.15, -0.1) is 0 Å². The van der Waals surface area contributed by atoms with Gasteiger partial charge in [-0.25, -0.2) is 4.79 Å². The summed E-state index contributed by atoms with van der Waals surface area (Å²) in [5.41, 5.74) is 1.86. The van der Waals surface area contributed by atoms with Crippen molar-refractivity contribution >= 4 is 5.97 Å². The number of carbonyl (C=O) groups is 1. The predicted molar refractivity (Wildman–Crippen MR) is 116 cm³/mol. The van der Waals surface area contributed by atoms with Crippen LogP contribution in [0.2, 0.25) is 0 Å². The van der Waals surface area contributed by atoms with Gasteiger partial charge in [0.05, 0.1) is 26.3 Å². The fourth-order valence-electron chi connectivity index (χ4n) is 5.81. The third-order valence-corrected chi connectivity index (χ3v) is 7.03. The van der Waals surface area contributed by atoms with Gasteiger partial charge in [0.1, 0.15) is 11.5 Å². The van der Waals surface area contributed by atoms with Crippen LogP contribution in [-0.4, -0.2) is 69.3 Å². The molecule has 2 bridgehead atoms. The summed E-state index contributed by atoms with van der Waals surface area (Å²) < 4.78 is 27.9. The van der Waals surface area contributed by atoms with E-state index in [0.29, 0.717) is 11.5 Å². The maximum Gasteiger partial charge on any atom is 0.332 e. The number of methoxy groups -OCH3 is 4. The van der Waals surface area contributed by atoms with Crippen molar-refractivity contribution in [3.63, 3.8) is 0 Å². The number of rotatable bonds is 5. The zero-order valence-electron chi connectivity index (χ0n) is 18.7. The van der Waals surface area contributed by atoms with E-state index in [1.54, 1.807) is 34.5 Å². The first-order chi connectivity index (χ1) is 15.5. The summed E-state index contributed by atoms with van der Waals surface area (Å²) in [6.45, 7) is 0. The second-order valence-electron chi connectivity index (χ2n) is 8.52. The van der Waals surface area contributed by atoms with E-state index < -0.39 is 5.60 Å². The molecule has 1 aromatic carbocycles. The van der Waals surface area contributed by atoms with Crippen LogP contribution in [0, 0.1) is 11.8 Å². The van der Waals surface area contributed by atoms with Crippen molar-refractivity contribution in [2.75, 3.05) is 28.4 Å². The molecule has 168 valence electrons. The molecule has 0 N–H and O–H groups in total. The van der Waals surface area contributed by atoms with Crippen molar-refractivity contribution < 1.29 is 28.5 Å². The largest absolute Gasteiger partial charge is 0.497 e. The molecular formula is C25H27NO6. The molecule has 0 aromatic heterocycles. The van der Waals surface area contributed by atoms with E-state index in [1.807, 2.05) is 18.2 Å². The number of ether oxygens (including phenoxy) is 5. The number of esters is 1. The molecule has 7 nitrogen and oxygen atoms in total. The Morgan fingerprint density at radius 1 is 1.06 bits per heavy atom. The minimum Gasteiger partial charge on any atom is -0.497 e. The Hall–Kier alpha value is -2.79. The molecule has 4 aliphatic rings. The summed E-state index contributed by atoms with van der Waals surface area (Å²) in [6.07, 6.45) is 6.03. The molecule has 0 amide bonds. The fraction of sp³-hybridized carbons (Fsp3) is 0.480. The topological polar surface area (TPSA) is 66.5 Å². The average molecular weight is 437 g/mol. The average Bonchev–Trinajstić information content (AvgIpc) is 3.46. The number of hydrogen-bond acceptors (Lipinski definition) is 7. The van der Waals surface area contributed by atoms with Crippen molar-refractivity contribution in [1.82, 2.24) is 4.90 Å². The minimum absolute atomic E-state index is 0.0930. The van der Waals surface area contributed by atoms with Crippen LogP contribution in [0.1, 0.15) is 24.8 Å². The van der Waals surface area contributed by atoms with Gasteiger partial charge < -0.3 is 23.7 Å². The van der Waals surface area contributed by atoms with Crippen LogP contribution in [0.15, 0.2) is 41.5 Å². The molecule has 1 aliphatic carbocycles. The fourth-order valence-corrected chi connectivity index (χ4v) is 5.81. The maximum absolute atomic E-state index is 12.4. The molecule has 7 heteroatoms. The third kappa shape index (κ3) is 3.14. The van der Waals surface area contributed by atoms with Crippen LogP contribution in [0.4, 0.5) is 0 Å². The van der Waals surface area contributed by atoms with Crippen LogP contribution in [0.5, 0.6) is 11.5 Å². The lowest BCUT2D eigenvalue weighted by Gasteiger charge is -2.33. The number of hydrogen-bond donors (Lipinski definition) is 0. The van der Waals surface area contributed by atoms with Gasteiger partial charge >= 0.3 is 5.97 Å². The quantitative estimate of drug-likeness (QED) is 0.398. The van der Waals surface area contributed by atoms with E-state index >= 15 is 0 Å². The molecule has 32 heavy (non-hydrogen) atoms. The molecule has 1 spiro atoms. The second-order valence-corrected chi connectivity index (χ2v) is 8.52. The van der Waals surface area contributed by atoms with Crippen molar-refractivity contribution in [3.05, 3.63) is 47.1 Å². The molecule has 3 heterocycles. The van der Waals surface area contributed by atoms with Crippen LogP contribution >= 0.6 is 0 Å². The summed E-state index contributed by atoms with van der Waals surface area (Å²) in [7, 11) is 6.55. The van der Waals surface area contributed by atoms with Crippen LogP contribution < -0.4 is 9.47 Å². The van der Waals surface area contributed by atoms with Gasteiger partial charge in [0.15, 0.2) is 11.9 Å². The highest BCUT2D eigenvalue weighted by Crippen LogP contribution is 2.56.